The standard InChI is InChI=1S/C19H18FN5O/c20-15-5-3-13(4-6-15)16-10-23-24-18(16)14-2-1-9-25(12-14)19(26)17-11-21-7-8-22-17/h3-8,10-11,14H,1-2,9,12H2,(H,23,24)/t14-/m1/s1. The molecule has 1 fully saturated rings. The number of hydrogen-bond donors (Lipinski definition) is 1. The molecule has 1 amide bonds. The second-order valence-electron chi connectivity index (χ2n) is 6.39. The van der Waals surface area contributed by atoms with Crippen LogP contribution in [0.15, 0.2) is 49.1 Å². The molecule has 0 spiro atoms. The molecule has 0 aliphatic carbocycles. The Hall–Kier alpha value is -3.09. The monoisotopic (exact) mass is 351 g/mol. The zero-order valence-corrected chi connectivity index (χ0v) is 14.1. The van der Waals surface area contributed by atoms with Crippen LogP contribution < -0.4 is 0 Å². The van der Waals surface area contributed by atoms with Crippen molar-refractivity contribution in [3.63, 3.8) is 0 Å². The van der Waals surface area contributed by atoms with Gasteiger partial charge in [-0.1, -0.05) is 12.1 Å². The van der Waals surface area contributed by atoms with Gasteiger partial charge in [0.05, 0.1) is 12.4 Å². The Morgan fingerprint density at radius 2 is 2.04 bits per heavy atom. The number of rotatable bonds is 3. The average Bonchev–Trinajstić information content (AvgIpc) is 3.19. The Balaban J connectivity index is 1.57. The molecule has 0 unspecified atom stereocenters. The van der Waals surface area contributed by atoms with E-state index < -0.39 is 0 Å². The fourth-order valence-electron chi connectivity index (χ4n) is 3.44. The summed E-state index contributed by atoms with van der Waals surface area (Å²) in [7, 11) is 0. The molecule has 1 saturated heterocycles. The molecular formula is C19H18FN5O. The number of carbonyl (C=O) groups excluding carboxylic acids is 1. The van der Waals surface area contributed by atoms with Crippen LogP contribution in [0.4, 0.5) is 4.39 Å². The zero-order valence-electron chi connectivity index (χ0n) is 14.1. The molecule has 3 aromatic rings. The van der Waals surface area contributed by atoms with Gasteiger partial charge >= 0.3 is 0 Å². The van der Waals surface area contributed by atoms with Gasteiger partial charge in [0, 0.05) is 42.7 Å². The van der Waals surface area contributed by atoms with Crippen LogP contribution in [0.3, 0.4) is 0 Å². The summed E-state index contributed by atoms with van der Waals surface area (Å²) >= 11 is 0. The number of nitrogens with zero attached hydrogens (tertiary/aromatic N) is 4. The SMILES string of the molecule is O=C(c1cnccn1)N1CCC[C@@H](c2[nH]ncc2-c2ccc(F)cc2)C1. The normalized spacial score (nSPS) is 17.3. The minimum absolute atomic E-state index is 0.106. The lowest BCUT2D eigenvalue weighted by atomic mass is 9.90. The third-order valence-corrected chi connectivity index (χ3v) is 4.72. The molecule has 1 aromatic carbocycles. The Kier molecular flexibility index (Phi) is 4.43. The first-order valence-electron chi connectivity index (χ1n) is 8.57. The van der Waals surface area contributed by atoms with E-state index >= 15 is 0 Å². The number of halogens is 1. The molecule has 6 nitrogen and oxygen atoms in total. The molecule has 4 rings (SSSR count). The van der Waals surface area contributed by atoms with Crippen LogP contribution in [0.5, 0.6) is 0 Å². The van der Waals surface area contributed by atoms with Crippen LogP contribution >= 0.6 is 0 Å². The number of amides is 1. The van der Waals surface area contributed by atoms with Gasteiger partial charge < -0.3 is 4.90 Å². The Morgan fingerprint density at radius 3 is 2.81 bits per heavy atom. The van der Waals surface area contributed by atoms with Crippen molar-refractivity contribution in [2.75, 3.05) is 13.1 Å². The smallest absolute Gasteiger partial charge is 0.274 e. The fraction of sp³-hybridized carbons (Fsp3) is 0.263. The number of piperidine rings is 1. The van der Waals surface area contributed by atoms with Crippen LogP contribution in [0.25, 0.3) is 11.1 Å². The third-order valence-electron chi connectivity index (χ3n) is 4.72. The number of hydrogen-bond acceptors (Lipinski definition) is 4. The predicted molar refractivity (Wildman–Crippen MR) is 93.9 cm³/mol. The van der Waals surface area contributed by atoms with Gasteiger partial charge in [-0.05, 0) is 30.5 Å². The molecule has 2 aromatic heterocycles. The molecule has 3 heterocycles. The highest BCUT2D eigenvalue weighted by Crippen LogP contribution is 2.33. The maximum Gasteiger partial charge on any atom is 0.274 e. The summed E-state index contributed by atoms with van der Waals surface area (Å²) in [6, 6.07) is 6.37. The van der Waals surface area contributed by atoms with E-state index in [1.807, 2.05) is 4.90 Å². The van der Waals surface area contributed by atoms with E-state index in [9.17, 15) is 9.18 Å². The maximum absolute atomic E-state index is 13.2. The van der Waals surface area contributed by atoms with E-state index in [0.29, 0.717) is 18.8 Å². The van der Waals surface area contributed by atoms with Gasteiger partial charge in [-0.2, -0.15) is 5.10 Å². The quantitative estimate of drug-likeness (QED) is 0.787. The average molecular weight is 351 g/mol. The summed E-state index contributed by atoms with van der Waals surface area (Å²) in [6.07, 6.45) is 8.18. The van der Waals surface area contributed by atoms with E-state index in [0.717, 1.165) is 29.7 Å². The molecule has 26 heavy (non-hydrogen) atoms. The number of aromatic nitrogens is 4. The van der Waals surface area contributed by atoms with E-state index in [1.54, 1.807) is 24.5 Å². The van der Waals surface area contributed by atoms with E-state index in [2.05, 4.69) is 20.2 Å². The lowest BCUT2D eigenvalue weighted by molar-refractivity contribution is 0.0699. The highest BCUT2D eigenvalue weighted by Gasteiger charge is 2.28. The fourth-order valence-corrected chi connectivity index (χ4v) is 3.44. The summed E-state index contributed by atoms with van der Waals surface area (Å²) in [6.45, 7) is 1.29. The number of carbonyl (C=O) groups is 1. The molecule has 7 heteroatoms. The van der Waals surface area contributed by atoms with Crippen molar-refractivity contribution in [3.05, 3.63) is 66.3 Å². The summed E-state index contributed by atoms with van der Waals surface area (Å²) in [4.78, 5) is 22.6. The van der Waals surface area contributed by atoms with Crippen LogP contribution in [0.2, 0.25) is 0 Å². The molecule has 1 atom stereocenters. The second-order valence-corrected chi connectivity index (χ2v) is 6.39. The van der Waals surface area contributed by atoms with Gasteiger partial charge in [0.1, 0.15) is 11.5 Å². The van der Waals surface area contributed by atoms with Crippen LogP contribution in [0.1, 0.15) is 34.9 Å². The molecule has 0 radical (unpaired) electrons. The highest BCUT2D eigenvalue weighted by molar-refractivity contribution is 5.92. The first kappa shape index (κ1) is 16.4. The van der Waals surface area contributed by atoms with E-state index in [-0.39, 0.29) is 17.6 Å². The third kappa shape index (κ3) is 3.20. The van der Waals surface area contributed by atoms with Gasteiger partial charge in [-0.3, -0.25) is 14.9 Å². The summed E-state index contributed by atoms with van der Waals surface area (Å²) < 4.78 is 13.2. The van der Waals surface area contributed by atoms with Crippen molar-refractivity contribution < 1.29 is 9.18 Å². The largest absolute Gasteiger partial charge is 0.337 e. The minimum atomic E-state index is -0.266. The highest BCUT2D eigenvalue weighted by atomic mass is 19.1. The van der Waals surface area contributed by atoms with Crippen molar-refractivity contribution in [2.45, 2.75) is 18.8 Å². The van der Waals surface area contributed by atoms with Crippen molar-refractivity contribution >= 4 is 5.91 Å². The lowest BCUT2D eigenvalue weighted by Gasteiger charge is -2.32. The summed E-state index contributed by atoms with van der Waals surface area (Å²) in [5, 5.41) is 7.26. The topological polar surface area (TPSA) is 74.8 Å². The Morgan fingerprint density at radius 1 is 1.19 bits per heavy atom. The Labute approximate surface area is 150 Å². The Bertz CT molecular complexity index is 894. The number of benzene rings is 1. The van der Waals surface area contributed by atoms with Crippen LogP contribution in [0, 0.1) is 5.82 Å². The van der Waals surface area contributed by atoms with Gasteiger partial charge in [-0.25, -0.2) is 9.37 Å². The van der Waals surface area contributed by atoms with E-state index in [1.165, 1.54) is 24.5 Å². The number of likely N-dealkylation sites (tertiary alicyclic amines) is 1. The number of aromatic amines is 1. The second kappa shape index (κ2) is 7.03. The first-order chi connectivity index (χ1) is 12.7. The maximum atomic E-state index is 13.2. The molecule has 1 N–H and O–H groups in total. The summed E-state index contributed by atoms with van der Waals surface area (Å²) in [5.41, 5.74) is 3.20. The zero-order chi connectivity index (χ0) is 17.9. The van der Waals surface area contributed by atoms with Crippen molar-refractivity contribution in [1.29, 1.82) is 0 Å². The molecule has 0 bridgehead atoms. The number of nitrogens with one attached hydrogen (secondary N) is 1. The van der Waals surface area contributed by atoms with Gasteiger partial charge in [0.2, 0.25) is 0 Å². The molecule has 1 aliphatic rings. The van der Waals surface area contributed by atoms with Crippen LogP contribution in [-0.4, -0.2) is 44.1 Å². The van der Waals surface area contributed by atoms with Crippen molar-refractivity contribution in [2.24, 2.45) is 0 Å². The van der Waals surface area contributed by atoms with Gasteiger partial charge in [0.25, 0.3) is 5.91 Å². The summed E-state index contributed by atoms with van der Waals surface area (Å²) in [5.74, 6) is -0.227. The molecule has 0 saturated carbocycles. The predicted octanol–water partition coefficient (Wildman–Crippen LogP) is 3.03. The van der Waals surface area contributed by atoms with Gasteiger partial charge in [-0.15, -0.1) is 0 Å². The van der Waals surface area contributed by atoms with Crippen molar-refractivity contribution in [3.8, 4) is 11.1 Å². The molecular weight excluding hydrogens is 333 g/mol. The van der Waals surface area contributed by atoms with Gasteiger partial charge in [0.15, 0.2) is 0 Å². The number of H-pyrrole nitrogens is 1. The first-order valence-corrected chi connectivity index (χ1v) is 8.57. The van der Waals surface area contributed by atoms with Crippen LogP contribution in [-0.2, 0) is 0 Å². The van der Waals surface area contributed by atoms with Crippen molar-refractivity contribution in [1.82, 2.24) is 25.1 Å². The minimum Gasteiger partial charge on any atom is -0.337 e. The van der Waals surface area contributed by atoms with E-state index in [4.69, 9.17) is 0 Å². The molecule has 132 valence electrons. The molecule has 1 aliphatic heterocycles. The lowest BCUT2D eigenvalue weighted by Crippen LogP contribution is -2.39.